The molecule has 110 valence electrons. The van der Waals surface area contributed by atoms with Crippen molar-refractivity contribution in [3.8, 4) is 5.75 Å². The highest BCUT2D eigenvalue weighted by atomic mass is 79.9. The van der Waals surface area contributed by atoms with Gasteiger partial charge in [0.25, 0.3) is 0 Å². The first kappa shape index (κ1) is 14.8. The lowest BCUT2D eigenvalue weighted by atomic mass is 9.93. The number of rotatable bonds is 2. The maximum absolute atomic E-state index is 13.5. The van der Waals surface area contributed by atoms with Gasteiger partial charge in [-0.25, -0.2) is 4.39 Å². The van der Waals surface area contributed by atoms with E-state index in [1.165, 1.54) is 12.1 Å². The van der Waals surface area contributed by atoms with Gasteiger partial charge in [-0.2, -0.15) is 0 Å². The van der Waals surface area contributed by atoms with Crippen LogP contribution in [0.3, 0.4) is 0 Å². The standard InChI is InChI=1S/C16H14BrClFNO/c1-20-14-8-16(11-4-2-9(18)6-13(11)17)21-15-7-10(19)3-5-12(14)15/h2-7,14,16,20H,8H2,1H3. The summed E-state index contributed by atoms with van der Waals surface area (Å²) in [4.78, 5) is 0. The molecule has 1 aliphatic heterocycles. The SMILES string of the molecule is CNC1CC(c2ccc(Cl)cc2Br)Oc2cc(F)ccc21. The molecular formula is C16H14BrClFNO. The van der Waals surface area contributed by atoms with Crippen LogP contribution < -0.4 is 10.1 Å². The van der Waals surface area contributed by atoms with E-state index in [9.17, 15) is 4.39 Å². The number of hydrogen-bond acceptors (Lipinski definition) is 2. The van der Waals surface area contributed by atoms with Crippen LogP contribution in [0.15, 0.2) is 40.9 Å². The highest BCUT2D eigenvalue weighted by Gasteiger charge is 2.29. The second kappa shape index (κ2) is 5.95. The first-order chi connectivity index (χ1) is 10.1. The largest absolute Gasteiger partial charge is 0.485 e. The Hall–Kier alpha value is -1.10. The van der Waals surface area contributed by atoms with E-state index >= 15 is 0 Å². The van der Waals surface area contributed by atoms with E-state index in [0.717, 1.165) is 22.0 Å². The molecular weight excluding hydrogens is 357 g/mol. The third-order valence-electron chi connectivity index (χ3n) is 3.73. The molecule has 1 N–H and O–H groups in total. The summed E-state index contributed by atoms with van der Waals surface area (Å²) in [6.07, 6.45) is 0.624. The highest BCUT2D eigenvalue weighted by molar-refractivity contribution is 9.10. The zero-order chi connectivity index (χ0) is 15.0. The summed E-state index contributed by atoms with van der Waals surface area (Å²) in [6, 6.07) is 10.4. The van der Waals surface area contributed by atoms with Crippen LogP contribution >= 0.6 is 27.5 Å². The third kappa shape index (κ3) is 2.93. The van der Waals surface area contributed by atoms with Gasteiger partial charge in [0.2, 0.25) is 0 Å². The van der Waals surface area contributed by atoms with Gasteiger partial charge in [0, 0.05) is 39.2 Å². The Labute approximate surface area is 136 Å². The normalized spacial score (nSPS) is 20.8. The maximum Gasteiger partial charge on any atom is 0.127 e. The molecule has 0 spiro atoms. The van der Waals surface area contributed by atoms with Gasteiger partial charge in [0.15, 0.2) is 0 Å². The second-order valence-corrected chi connectivity index (χ2v) is 6.32. The molecule has 5 heteroatoms. The van der Waals surface area contributed by atoms with E-state index in [1.54, 1.807) is 6.07 Å². The van der Waals surface area contributed by atoms with Crippen molar-refractivity contribution in [3.05, 3.63) is 62.8 Å². The lowest BCUT2D eigenvalue weighted by molar-refractivity contribution is 0.152. The molecule has 1 heterocycles. The fraction of sp³-hybridized carbons (Fsp3) is 0.250. The van der Waals surface area contributed by atoms with Crippen LogP contribution in [0, 0.1) is 5.82 Å². The van der Waals surface area contributed by atoms with E-state index in [2.05, 4.69) is 21.2 Å². The molecule has 2 unspecified atom stereocenters. The summed E-state index contributed by atoms with van der Waals surface area (Å²) in [5.74, 6) is 0.298. The average Bonchev–Trinajstić information content (AvgIpc) is 2.45. The zero-order valence-corrected chi connectivity index (χ0v) is 13.7. The van der Waals surface area contributed by atoms with Crippen LogP contribution in [0.2, 0.25) is 5.02 Å². The van der Waals surface area contributed by atoms with Crippen molar-refractivity contribution in [2.75, 3.05) is 7.05 Å². The smallest absolute Gasteiger partial charge is 0.127 e. The first-order valence-corrected chi connectivity index (χ1v) is 7.84. The van der Waals surface area contributed by atoms with Gasteiger partial charge in [-0.3, -0.25) is 0 Å². The van der Waals surface area contributed by atoms with Crippen molar-refractivity contribution in [3.63, 3.8) is 0 Å². The topological polar surface area (TPSA) is 21.3 Å². The predicted molar refractivity (Wildman–Crippen MR) is 85.3 cm³/mol. The van der Waals surface area contributed by atoms with Gasteiger partial charge in [-0.1, -0.05) is 39.7 Å². The quantitative estimate of drug-likeness (QED) is 0.801. The Morgan fingerprint density at radius 2 is 2.00 bits per heavy atom. The minimum Gasteiger partial charge on any atom is -0.485 e. The fourth-order valence-corrected chi connectivity index (χ4v) is 3.61. The summed E-state index contributed by atoms with van der Waals surface area (Å²) >= 11 is 9.50. The summed E-state index contributed by atoms with van der Waals surface area (Å²) in [5, 5.41) is 3.93. The average molecular weight is 371 g/mol. The number of benzene rings is 2. The van der Waals surface area contributed by atoms with Crippen molar-refractivity contribution in [1.82, 2.24) is 5.32 Å². The Kier molecular flexibility index (Phi) is 4.20. The summed E-state index contributed by atoms with van der Waals surface area (Å²) in [6.45, 7) is 0. The summed E-state index contributed by atoms with van der Waals surface area (Å²) in [7, 11) is 1.90. The van der Waals surface area contributed by atoms with E-state index in [0.29, 0.717) is 10.8 Å². The molecule has 1 aliphatic rings. The monoisotopic (exact) mass is 369 g/mol. The van der Waals surface area contributed by atoms with Crippen LogP contribution in [-0.2, 0) is 0 Å². The molecule has 0 fully saturated rings. The van der Waals surface area contributed by atoms with Crippen LogP contribution in [0.4, 0.5) is 4.39 Å². The molecule has 2 aromatic carbocycles. The fourth-order valence-electron chi connectivity index (χ4n) is 2.67. The van der Waals surface area contributed by atoms with Gasteiger partial charge in [-0.05, 0) is 25.2 Å². The number of ether oxygens (including phenoxy) is 1. The van der Waals surface area contributed by atoms with Gasteiger partial charge in [-0.15, -0.1) is 0 Å². The van der Waals surface area contributed by atoms with Crippen molar-refractivity contribution in [1.29, 1.82) is 0 Å². The first-order valence-electron chi connectivity index (χ1n) is 6.67. The molecule has 2 aromatic rings. The Bertz CT molecular complexity index is 679. The van der Waals surface area contributed by atoms with Gasteiger partial charge >= 0.3 is 0 Å². The maximum atomic E-state index is 13.5. The second-order valence-electron chi connectivity index (χ2n) is 5.03. The Morgan fingerprint density at radius 1 is 1.24 bits per heavy atom. The third-order valence-corrected chi connectivity index (χ3v) is 4.65. The number of hydrogen-bond donors (Lipinski definition) is 1. The molecule has 3 rings (SSSR count). The number of halogens is 3. The molecule has 0 aliphatic carbocycles. The highest BCUT2D eigenvalue weighted by Crippen LogP contribution is 2.42. The van der Waals surface area contributed by atoms with Gasteiger partial charge in [0.1, 0.15) is 17.7 Å². The predicted octanol–water partition coefficient (Wildman–Crippen LogP) is 5.03. The Balaban J connectivity index is 1.99. The number of fused-ring (bicyclic) bond motifs is 1. The molecule has 21 heavy (non-hydrogen) atoms. The molecule has 0 saturated carbocycles. The van der Waals surface area contributed by atoms with Crippen LogP contribution in [0.25, 0.3) is 0 Å². The van der Waals surface area contributed by atoms with Gasteiger partial charge in [0.05, 0.1) is 0 Å². The zero-order valence-electron chi connectivity index (χ0n) is 11.4. The van der Waals surface area contributed by atoms with Crippen LogP contribution in [0.5, 0.6) is 5.75 Å². The van der Waals surface area contributed by atoms with E-state index < -0.39 is 0 Å². The minimum absolute atomic E-state index is 0.127. The Morgan fingerprint density at radius 3 is 2.71 bits per heavy atom. The van der Waals surface area contributed by atoms with Crippen molar-refractivity contribution in [2.24, 2.45) is 0 Å². The molecule has 0 saturated heterocycles. The summed E-state index contributed by atoms with van der Waals surface area (Å²) in [5.41, 5.74) is 2.00. The molecule has 0 aromatic heterocycles. The van der Waals surface area contributed by atoms with Crippen molar-refractivity contribution < 1.29 is 9.13 Å². The molecule has 0 radical (unpaired) electrons. The molecule has 2 atom stereocenters. The lowest BCUT2D eigenvalue weighted by Crippen LogP contribution is -2.27. The molecule has 0 amide bonds. The van der Waals surface area contributed by atoms with E-state index in [-0.39, 0.29) is 18.0 Å². The lowest BCUT2D eigenvalue weighted by Gasteiger charge is -2.32. The van der Waals surface area contributed by atoms with E-state index in [4.69, 9.17) is 16.3 Å². The van der Waals surface area contributed by atoms with Crippen LogP contribution in [0.1, 0.15) is 29.7 Å². The van der Waals surface area contributed by atoms with Crippen molar-refractivity contribution in [2.45, 2.75) is 18.6 Å². The van der Waals surface area contributed by atoms with E-state index in [1.807, 2.05) is 25.2 Å². The van der Waals surface area contributed by atoms with Crippen LogP contribution in [-0.4, -0.2) is 7.05 Å². The minimum atomic E-state index is -0.292. The summed E-state index contributed by atoms with van der Waals surface area (Å²) < 4.78 is 20.4. The number of nitrogens with one attached hydrogen (secondary N) is 1. The van der Waals surface area contributed by atoms with Crippen molar-refractivity contribution >= 4 is 27.5 Å². The molecule has 0 bridgehead atoms. The van der Waals surface area contributed by atoms with Gasteiger partial charge < -0.3 is 10.1 Å². The molecule has 2 nitrogen and oxygen atoms in total.